The van der Waals surface area contributed by atoms with Crippen LogP contribution in [0.25, 0.3) is 0 Å². The van der Waals surface area contributed by atoms with Crippen LogP contribution in [0.4, 0.5) is 4.39 Å². The Labute approximate surface area is 173 Å². The number of nitrogens with zero attached hydrogens (tertiary/aromatic N) is 4. The fraction of sp³-hybridized carbons (Fsp3) is 0.450. The van der Waals surface area contributed by atoms with Crippen molar-refractivity contribution in [2.75, 3.05) is 32.7 Å². The molecule has 1 N–H and O–H groups in total. The summed E-state index contributed by atoms with van der Waals surface area (Å²) < 4.78 is 15.6. The molecule has 154 valence electrons. The maximum atomic E-state index is 14.1. The molecule has 0 spiro atoms. The molecular formula is C20H23ClFN5O2. The molecule has 1 aromatic carbocycles. The van der Waals surface area contributed by atoms with Crippen molar-refractivity contribution in [2.45, 2.75) is 25.9 Å². The summed E-state index contributed by atoms with van der Waals surface area (Å²) in [5.41, 5.74) is 0.837. The molecule has 1 aromatic heterocycles. The van der Waals surface area contributed by atoms with Gasteiger partial charge >= 0.3 is 0 Å². The molecule has 0 bridgehead atoms. The quantitative estimate of drug-likeness (QED) is 0.779. The first-order valence-electron chi connectivity index (χ1n) is 9.83. The van der Waals surface area contributed by atoms with Gasteiger partial charge in [-0.25, -0.2) is 4.39 Å². The highest BCUT2D eigenvalue weighted by Gasteiger charge is 2.29. The van der Waals surface area contributed by atoms with Crippen LogP contribution in [0.15, 0.2) is 24.3 Å². The number of likely N-dealkylation sites (tertiary alicyclic amines) is 1. The fourth-order valence-corrected chi connectivity index (χ4v) is 4.02. The monoisotopic (exact) mass is 419 g/mol. The van der Waals surface area contributed by atoms with Crippen LogP contribution in [0.5, 0.6) is 0 Å². The highest BCUT2D eigenvalue weighted by molar-refractivity contribution is 6.31. The van der Waals surface area contributed by atoms with Crippen LogP contribution in [0, 0.1) is 5.82 Å². The van der Waals surface area contributed by atoms with E-state index in [1.54, 1.807) is 6.07 Å². The molecule has 1 saturated heterocycles. The van der Waals surface area contributed by atoms with Gasteiger partial charge in [0.15, 0.2) is 5.69 Å². The number of rotatable bonds is 6. The third-order valence-electron chi connectivity index (χ3n) is 5.42. The Morgan fingerprint density at radius 1 is 1.21 bits per heavy atom. The van der Waals surface area contributed by atoms with Crippen LogP contribution in [-0.2, 0) is 13.1 Å². The zero-order valence-corrected chi connectivity index (χ0v) is 16.8. The molecule has 0 radical (unpaired) electrons. The second-order valence-corrected chi connectivity index (χ2v) is 7.78. The first kappa shape index (κ1) is 19.8. The SMILES string of the molecule is O=C(NCCN1CCCC1)c1cc2n(n1)CCN(Cc1c(F)cccc1Cl)C2=O. The molecule has 0 unspecified atom stereocenters. The Morgan fingerprint density at radius 3 is 2.76 bits per heavy atom. The van der Waals surface area contributed by atoms with Crippen molar-refractivity contribution in [3.8, 4) is 0 Å². The first-order chi connectivity index (χ1) is 14.0. The minimum Gasteiger partial charge on any atom is -0.349 e. The Bertz CT molecular complexity index is 905. The molecule has 0 atom stereocenters. The fourth-order valence-electron chi connectivity index (χ4n) is 3.80. The lowest BCUT2D eigenvalue weighted by molar-refractivity contribution is 0.0681. The highest BCUT2D eigenvalue weighted by atomic mass is 35.5. The van der Waals surface area contributed by atoms with Gasteiger partial charge in [-0.15, -0.1) is 0 Å². The Kier molecular flexibility index (Phi) is 5.82. The zero-order chi connectivity index (χ0) is 20.4. The van der Waals surface area contributed by atoms with Crippen LogP contribution < -0.4 is 5.32 Å². The predicted molar refractivity (Wildman–Crippen MR) is 106 cm³/mol. The van der Waals surface area contributed by atoms with E-state index in [-0.39, 0.29) is 34.6 Å². The molecule has 3 heterocycles. The van der Waals surface area contributed by atoms with Crippen LogP contribution >= 0.6 is 11.6 Å². The van der Waals surface area contributed by atoms with E-state index >= 15 is 0 Å². The molecule has 0 saturated carbocycles. The van der Waals surface area contributed by atoms with E-state index < -0.39 is 5.82 Å². The van der Waals surface area contributed by atoms with Crippen molar-refractivity contribution in [1.29, 1.82) is 0 Å². The molecule has 4 rings (SSSR count). The number of aromatic nitrogens is 2. The summed E-state index contributed by atoms with van der Waals surface area (Å²) in [7, 11) is 0. The number of nitrogens with one attached hydrogen (secondary N) is 1. The molecular weight excluding hydrogens is 397 g/mol. The number of benzene rings is 1. The molecule has 2 aromatic rings. The normalized spacial score (nSPS) is 16.9. The first-order valence-corrected chi connectivity index (χ1v) is 10.2. The van der Waals surface area contributed by atoms with Crippen LogP contribution in [-0.4, -0.2) is 64.1 Å². The summed E-state index contributed by atoms with van der Waals surface area (Å²) >= 11 is 6.09. The van der Waals surface area contributed by atoms with Gasteiger partial charge in [-0.2, -0.15) is 5.10 Å². The third-order valence-corrected chi connectivity index (χ3v) is 5.78. The van der Waals surface area contributed by atoms with Crippen molar-refractivity contribution in [2.24, 2.45) is 0 Å². The van der Waals surface area contributed by atoms with Gasteiger partial charge in [0.2, 0.25) is 0 Å². The van der Waals surface area contributed by atoms with E-state index in [1.165, 1.54) is 40.6 Å². The molecule has 0 aliphatic carbocycles. The van der Waals surface area contributed by atoms with Crippen LogP contribution in [0.1, 0.15) is 39.4 Å². The topological polar surface area (TPSA) is 70.5 Å². The van der Waals surface area contributed by atoms with Gasteiger partial charge in [0, 0.05) is 36.3 Å². The molecule has 29 heavy (non-hydrogen) atoms. The number of carbonyl (C=O) groups is 2. The standard InChI is InChI=1S/C20H23ClFN5O2/c21-15-4-3-5-16(22)14(15)13-26-10-11-27-18(20(26)29)12-17(24-27)19(28)23-6-9-25-7-1-2-8-25/h3-5,12H,1-2,6-11,13H2,(H,23,28). The van der Waals surface area contributed by atoms with Crippen LogP contribution in [0.2, 0.25) is 5.02 Å². The second-order valence-electron chi connectivity index (χ2n) is 7.37. The molecule has 2 amide bonds. The van der Waals surface area contributed by atoms with Crippen molar-refractivity contribution < 1.29 is 14.0 Å². The number of amides is 2. The molecule has 1 fully saturated rings. The summed E-state index contributed by atoms with van der Waals surface area (Å²) in [6.45, 7) is 4.40. The van der Waals surface area contributed by atoms with E-state index in [1.807, 2.05) is 0 Å². The lowest BCUT2D eigenvalue weighted by Crippen LogP contribution is -2.40. The minimum absolute atomic E-state index is 0.0763. The number of hydrogen-bond donors (Lipinski definition) is 1. The van der Waals surface area contributed by atoms with Gasteiger partial charge in [-0.1, -0.05) is 17.7 Å². The van der Waals surface area contributed by atoms with Gasteiger partial charge < -0.3 is 15.1 Å². The average Bonchev–Trinajstić information content (AvgIpc) is 3.36. The Hall–Kier alpha value is -2.45. The Morgan fingerprint density at radius 2 is 2.00 bits per heavy atom. The van der Waals surface area contributed by atoms with Crippen molar-refractivity contribution in [1.82, 2.24) is 24.9 Å². The van der Waals surface area contributed by atoms with Gasteiger partial charge in [-0.05, 0) is 38.1 Å². The third kappa shape index (κ3) is 4.28. The second kappa shape index (κ2) is 8.51. The smallest absolute Gasteiger partial charge is 0.272 e. The van der Waals surface area contributed by atoms with Gasteiger partial charge in [0.1, 0.15) is 11.5 Å². The van der Waals surface area contributed by atoms with Gasteiger partial charge in [0.05, 0.1) is 13.1 Å². The lowest BCUT2D eigenvalue weighted by atomic mass is 10.1. The van der Waals surface area contributed by atoms with E-state index in [4.69, 9.17) is 11.6 Å². The van der Waals surface area contributed by atoms with Crippen molar-refractivity contribution >= 4 is 23.4 Å². The van der Waals surface area contributed by atoms with E-state index in [0.717, 1.165) is 19.6 Å². The predicted octanol–water partition coefficient (Wildman–Crippen LogP) is 2.16. The van der Waals surface area contributed by atoms with E-state index in [2.05, 4.69) is 15.3 Å². The Balaban J connectivity index is 1.40. The lowest BCUT2D eigenvalue weighted by Gasteiger charge is -2.27. The van der Waals surface area contributed by atoms with Crippen molar-refractivity contribution in [3.63, 3.8) is 0 Å². The number of carbonyl (C=O) groups excluding carboxylic acids is 2. The van der Waals surface area contributed by atoms with Gasteiger partial charge in [-0.3, -0.25) is 14.3 Å². The van der Waals surface area contributed by atoms with Crippen molar-refractivity contribution in [3.05, 3.63) is 52.1 Å². The van der Waals surface area contributed by atoms with Gasteiger partial charge in [0.25, 0.3) is 11.8 Å². The van der Waals surface area contributed by atoms with E-state index in [0.29, 0.717) is 25.3 Å². The highest BCUT2D eigenvalue weighted by Crippen LogP contribution is 2.23. The minimum atomic E-state index is -0.442. The summed E-state index contributed by atoms with van der Waals surface area (Å²) in [6, 6.07) is 5.96. The molecule has 2 aliphatic heterocycles. The summed E-state index contributed by atoms with van der Waals surface area (Å²) in [5, 5.41) is 7.43. The van der Waals surface area contributed by atoms with Crippen LogP contribution in [0.3, 0.4) is 0 Å². The number of halogens is 2. The van der Waals surface area contributed by atoms with E-state index in [9.17, 15) is 14.0 Å². The number of fused-ring (bicyclic) bond motifs is 1. The largest absolute Gasteiger partial charge is 0.349 e. The zero-order valence-electron chi connectivity index (χ0n) is 16.0. The summed E-state index contributed by atoms with van der Waals surface area (Å²) in [5.74, 6) is -1.02. The summed E-state index contributed by atoms with van der Waals surface area (Å²) in [4.78, 5) is 29.1. The summed E-state index contributed by atoms with van der Waals surface area (Å²) in [6.07, 6.45) is 2.41. The maximum Gasteiger partial charge on any atom is 0.272 e. The molecule has 9 heteroatoms. The molecule has 2 aliphatic rings. The average molecular weight is 420 g/mol. The molecule has 7 nitrogen and oxygen atoms in total. The maximum absolute atomic E-state index is 14.1. The number of hydrogen-bond acceptors (Lipinski definition) is 4.